The minimum Gasteiger partial charge on any atom is -0.497 e. The first-order chi connectivity index (χ1) is 13.8. The molecule has 2 aromatic rings. The lowest BCUT2D eigenvalue weighted by Crippen LogP contribution is -2.45. The first-order valence-electron chi connectivity index (χ1n) is 8.96. The quantitative estimate of drug-likeness (QED) is 0.495. The van der Waals surface area contributed by atoms with Gasteiger partial charge in [0, 0.05) is 0 Å². The number of hydrogen-bond donors (Lipinski definition) is 1. The Kier molecular flexibility index (Phi) is 7.83. The summed E-state index contributed by atoms with van der Waals surface area (Å²) in [5, 5.41) is 9.55. The van der Waals surface area contributed by atoms with Crippen LogP contribution in [0.2, 0.25) is 0 Å². The number of methoxy groups -OCH3 is 1. The number of hydrogen-bond acceptors (Lipinski definition) is 7. The predicted molar refractivity (Wildman–Crippen MR) is 99.9 cm³/mol. The number of rotatable bonds is 10. The van der Waals surface area contributed by atoms with E-state index in [2.05, 4.69) is 0 Å². The van der Waals surface area contributed by atoms with E-state index in [4.69, 9.17) is 29.0 Å². The van der Waals surface area contributed by atoms with E-state index < -0.39 is 18.3 Å². The van der Waals surface area contributed by atoms with Crippen molar-refractivity contribution in [3.63, 3.8) is 0 Å². The van der Waals surface area contributed by atoms with Crippen LogP contribution in [-0.2, 0) is 37.5 Å². The van der Waals surface area contributed by atoms with E-state index in [9.17, 15) is 5.11 Å². The van der Waals surface area contributed by atoms with Gasteiger partial charge >= 0.3 is 0 Å². The van der Waals surface area contributed by atoms with Gasteiger partial charge in [0.1, 0.15) is 25.1 Å². The second-order valence-electron chi connectivity index (χ2n) is 6.17. The number of aliphatic hydroxyl groups is 1. The second kappa shape index (κ2) is 10.8. The molecule has 0 spiro atoms. The number of aliphatic hydroxyl groups excluding tert-OH is 1. The highest BCUT2D eigenvalue weighted by Gasteiger charge is 2.35. The minimum absolute atomic E-state index is 0.222. The molecule has 0 bridgehead atoms. The van der Waals surface area contributed by atoms with Crippen LogP contribution in [0.5, 0.6) is 5.75 Å². The SMILES string of the molecule is COc1ccc(COO[C@H]2[C@H](OOCc3ccccc3)C=CO[C@@H]2CO)cc1. The van der Waals surface area contributed by atoms with Gasteiger partial charge in [0.2, 0.25) is 0 Å². The van der Waals surface area contributed by atoms with Crippen LogP contribution in [0.3, 0.4) is 0 Å². The molecule has 1 heterocycles. The Morgan fingerprint density at radius 2 is 1.57 bits per heavy atom. The Balaban J connectivity index is 1.51. The molecule has 0 aromatic heterocycles. The zero-order valence-electron chi connectivity index (χ0n) is 15.6. The lowest BCUT2D eigenvalue weighted by Gasteiger charge is -2.31. The molecule has 0 unspecified atom stereocenters. The van der Waals surface area contributed by atoms with Crippen molar-refractivity contribution >= 4 is 0 Å². The van der Waals surface area contributed by atoms with E-state index in [1.807, 2.05) is 54.6 Å². The zero-order valence-corrected chi connectivity index (χ0v) is 15.6. The molecule has 1 aliphatic rings. The molecule has 0 radical (unpaired) electrons. The van der Waals surface area contributed by atoms with Crippen LogP contribution in [0, 0.1) is 0 Å². The predicted octanol–water partition coefficient (Wildman–Crippen LogP) is 2.93. The van der Waals surface area contributed by atoms with Crippen molar-refractivity contribution in [3.8, 4) is 5.75 Å². The van der Waals surface area contributed by atoms with Crippen molar-refractivity contribution in [2.45, 2.75) is 31.5 Å². The maximum Gasteiger partial charge on any atom is 0.165 e. The first kappa shape index (κ1) is 20.3. The number of benzene rings is 2. The van der Waals surface area contributed by atoms with E-state index in [0.717, 1.165) is 16.9 Å². The fourth-order valence-corrected chi connectivity index (χ4v) is 2.63. The van der Waals surface area contributed by atoms with Crippen LogP contribution >= 0.6 is 0 Å². The summed E-state index contributed by atoms with van der Waals surface area (Å²) in [7, 11) is 1.61. The summed E-state index contributed by atoms with van der Waals surface area (Å²) in [5.41, 5.74) is 1.89. The van der Waals surface area contributed by atoms with Crippen molar-refractivity contribution in [1.29, 1.82) is 0 Å². The molecule has 0 amide bonds. The third kappa shape index (κ3) is 5.79. The fourth-order valence-electron chi connectivity index (χ4n) is 2.63. The summed E-state index contributed by atoms with van der Waals surface area (Å²) < 4.78 is 10.5. The lowest BCUT2D eigenvalue weighted by molar-refractivity contribution is -0.403. The molecule has 7 heteroatoms. The molecule has 0 aliphatic carbocycles. The Bertz CT molecular complexity index is 717. The molecule has 0 fully saturated rings. The van der Waals surface area contributed by atoms with Gasteiger partial charge in [0.05, 0.1) is 20.0 Å². The maximum atomic E-state index is 9.55. The van der Waals surface area contributed by atoms with Crippen LogP contribution in [0.15, 0.2) is 66.9 Å². The van der Waals surface area contributed by atoms with Gasteiger partial charge in [-0.05, 0) is 29.3 Å². The molecule has 3 rings (SSSR count). The summed E-state index contributed by atoms with van der Waals surface area (Å²) in [6, 6.07) is 17.1. The molecular weight excluding hydrogens is 364 g/mol. The van der Waals surface area contributed by atoms with Gasteiger partial charge < -0.3 is 14.6 Å². The normalized spacial score (nSPS) is 21.3. The van der Waals surface area contributed by atoms with Gasteiger partial charge in [-0.15, -0.1) is 0 Å². The molecule has 2 aromatic carbocycles. The summed E-state index contributed by atoms with van der Waals surface area (Å²) in [5.74, 6) is 0.764. The fraction of sp³-hybridized carbons (Fsp3) is 0.333. The van der Waals surface area contributed by atoms with Crippen LogP contribution in [0.4, 0.5) is 0 Å². The van der Waals surface area contributed by atoms with Gasteiger partial charge in [-0.2, -0.15) is 0 Å². The van der Waals surface area contributed by atoms with Gasteiger partial charge in [-0.25, -0.2) is 19.6 Å². The standard InChI is InChI=1S/C21H24O7/c1-23-18-9-7-17(8-10-18)15-26-28-21-19(11-12-24-20(21)13-22)27-25-14-16-5-3-2-4-6-16/h2-12,19-22H,13-15H2,1H3/t19-,20-,21+/m1/s1. The second-order valence-corrected chi connectivity index (χ2v) is 6.17. The highest BCUT2D eigenvalue weighted by molar-refractivity contribution is 5.26. The molecule has 0 saturated carbocycles. The smallest absolute Gasteiger partial charge is 0.165 e. The van der Waals surface area contributed by atoms with Crippen molar-refractivity contribution in [2.75, 3.05) is 13.7 Å². The highest BCUT2D eigenvalue weighted by Crippen LogP contribution is 2.21. The van der Waals surface area contributed by atoms with Crippen LogP contribution in [0.25, 0.3) is 0 Å². The largest absolute Gasteiger partial charge is 0.497 e. The van der Waals surface area contributed by atoms with Crippen LogP contribution in [-0.4, -0.2) is 37.1 Å². The van der Waals surface area contributed by atoms with Gasteiger partial charge in [0.15, 0.2) is 12.2 Å². The summed E-state index contributed by atoms with van der Waals surface area (Å²) in [4.78, 5) is 21.6. The Hall–Kier alpha value is -2.42. The van der Waals surface area contributed by atoms with Crippen LogP contribution < -0.4 is 4.74 Å². The van der Waals surface area contributed by atoms with Gasteiger partial charge in [-0.1, -0.05) is 42.5 Å². The van der Waals surface area contributed by atoms with E-state index in [0.29, 0.717) is 0 Å². The minimum atomic E-state index is -0.691. The maximum absolute atomic E-state index is 9.55. The molecule has 1 aliphatic heterocycles. The lowest BCUT2D eigenvalue weighted by atomic mass is 10.1. The monoisotopic (exact) mass is 388 g/mol. The van der Waals surface area contributed by atoms with Gasteiger partial charge in [0.25, 0.3) is 0 Å². The van der Waals surface area contributed by atoms with Gasteiger partial charge in [-0.3, -0.25) is 0 Å². The summed E-state index contributed by atoms with van der Waals surface area (Å²) in [6.45, 7) is 0.259. The van der Waals surface area contributed by atoms with Crippen molar-refractivity contribution in [3.05, 3.63) is 78.1 Å². The van der Waals surface area contributed by atoms with Crippen molar-refractivity contribution < 1.29 is 34.1 Å². The molecule has 28 heavy (non-hydrogen) atoms. The molecule has 150 valence electrons. The molecule has 3 atom stereocenters. The molecule has 0 saturated heterocycles. The summed E-state index contributed by atoms with van der Waals surface area (Å²) in [6.07, 6.45) is 1.19. The Morgan fingerprint density at radius 1 is 0.893 bits per heavy atom. The topological polar surface area (TPSA) is 75.6 Å². The Morgan fingerprint density at radius 3 is 2.25 bits per heavy atom. The van der Waals surface area contributed by atoms with E-state index in [1.165, 1.54) is 6.26 Å². The van der Waals surface area contributed by atoms with Crippen molar-refractivity contribution in [2.24, 2.45) is 0 Å². The highest BCUT2D eigenvalue weighted by atomic mass is 17.2. The van der Waals surface area contributed by atoms with E-state index in [1.54, 1.807) is 13.2 Å². The van der Waals surface area contributed by atoms with E-state index in [-0.39, 0.29) is 19.8 Å². The number of ether oxygens (including phenoxy) is 2. The first-order valence-corrected chi connectivity index (χ1v) is 8.96. The average Bonchev–Trinajstić information content (AvgIpc) is 2.75. The third-order valence-corrected chi connectivity index (χ3v) is 4.20. The average molecular weight is 388 g/mol. The molecular formula is C21H24O7. The van der Waals surface area contributed by atoms with Crippen molar-refractivity contribution in [1.82, 2.24) is 0 Å². The zero-order chi connectivity index (χ0) is 19.6. The van der Waals surface area contributed by atoms with E-state index >= 15 is 0 Å². The summed E-state index contributed by atoms with van der Waals surface area (Å²) >= 11 is 0. The molecule has 7 nitrogen and oxygen atoms in total. The Labute approximate surface area is 163 Å². The third-order valence-electron chi connectivity index (χ3n) is 4.20. The van der Waals surface area contributed by atoms with Crippen LogP contribution in [0.1, 0.15) is 11.1 Å². The molecule has 1 N–H and O–H groups in total.